The van der Waals surface area contributed by atoms with Crippen LogP contribution in [0.5, 0.6) is 0 Å². The molecule has 0 aliphatic rings. The molecule has 0 aromatic heterocycles. The summed E-state index contributed by atoms with van der Waals surface area (Å²) in [6.07, 6.45) is 0. The van der Waals surface area contributed by atoms with Crippen LogP contribution in [0.25, 0.3) is 0 Å². The molecule has 16 heavy (non-hydrogen) atoms. The molecule has 86 valence electrons. The second-order valence-electron chi connectivity index (χ2n) is 3.22. The van der Waals surface area contributed by atoms with Crippen LogP contribution in [0.2, 0.25) is 0 Å². The molecule has 0 unspecified atom stereocenters. The normalized spacial score (nSPS) is 11.0. The molecule has 0 saturated carbocycles. The molecule has 0 aliphatic heterocycles. The Morgan fingerprint density at radius 3 is 2.12 bits per heavy atom. The van der Waals surface area contributed by atoms with Gasteiger partial charge in [-0.25, -0.2) is 8.42 Å². The zero-order valence-corrected chi connectivity index (χ0v) is 9.11. The highest BCUT2D eigenvalue weighted by molar-refractivity contribution is 7.92. The Bertz CT molecular complexity index is 489. The van der Waals surface area contributed by atoms with Crippen LogP contribution in [0.4, 0.5) is 0 Å². The van der Waals surface area contributed by atoms with Crippen LogP contribution in [0.3, 0.4) is 0 Å². The molecular weight excluding hydrogens is 232 g/mol. The van der Waals surface area contributed by atoms with E-state index in [1.165, 1.54) is 12.1 Å². The molecule has 1 rings (SSSR count). The van der Waals surface area contributed by atoms with Crippen molar-refractivity contribution in [3.63, 3.8) is 0 Å². The van der Waals surface area contributed by atoms with E-state index in [-0.39, 0.29) is 5.56 Å². The Labute approximate surface area is 92.6 Å². The highest BCUT2D eigenvalue weighted by Gasteiger charge is 2.20. The van der Waals surface area contributed by atoms with Gasteiger partial charge in [0.2, 0.25) is 0 Å². The molecule has 0 saturated heterocycles. The van der Waals surface area contributed by atoms with E-state index in [1.807, 2.05) is 0 Å². The van der Waals surface area contributed by atoms with E-state index in [4.69, 9.17) is 5.11 Å². The van der Waals surface area contributed by atoms with Gasteiger partial charge in [-0.2, -0.15) is 0 Å². The lowest BCUT2D eigenvalue weighted by atomic mass is 10.2. The SMILES string of the molecule is O=C(O)CS(=O)(=O)CC(=O)c1ccccc1. The molecule has 0 radical (unpaired) electrons. The van der Waals surface area contributed by atoms with Crippen molar-refractivity contribution in [3.8, 4) is 0 Å². The zero-order valence-electron chi connectivity index (χ0n) is 8.29. The second-order valence-corrected chi connectivity index (χ2v) is 5.28. The Balaban J connectivity index is 2.76. The van der Waals surface area contributed by atoms with E-state index >= 15 is 0 Å². The number of sulfone groups is 1. The number of hydrogen-bond acceptors (Lipinski definition) is 4. The number of rotatable bonds is 5. The van der Waals surface area contributed by atoms with Crippen molar-refractivity contribution >= 4 is 21.6 Å². The summed E-state index contributed by atoms with van der Waals surface area (Å²) in [5.41, 5.74) is 0.261. The third-order valence-electron chi connectivity index (χ3n) is 1.79. The molecule has 0 aliphatic carbocycles. The quantitative estimate of drug-likeness (QED) is 0.753. The van der Waals surface area contributed by atoms with Gasteiger partial charge < -0.3 is 5.11 Å². The summed E-state index contributed by atoms with van der Waals surface area (Å²) in [6.45, 7) is 0. The van der Waals surface area contributed by atoms with Crippen molar-refractivity contribution in [1.82, 2.24) is 0 Å². The number of ketones is 1. The minimum Gasteiger partial charge on any atom is -0.480 e. The van der Waals surface area contributed by atoms with Gasteiger partial charge in [0.1, 0.15) is 11.5 Å². The van der Waals surface area contributed by atoms with Gasteiger partial charge >= 0.3 is 5.97 Å². The number of Topliss-reactive ketones (excluding diaryl/α,β-unsaturated/α-hetero) is 1. The summed E-state index contributed by atoms with van der Waals surface area (Å²) in [4.78, 5) is 21.7. The smallest absolute Gasteiger partial charge is 0.318 e. The van der Waals surface area contributed by atoms with Crippen molar-refractivity contribution in [3.05, 3.63) is 35.9 Å². The van der Waals surface area contributed by atoms with Crippen LogP contribution >= 0.6 is 0 Å². The molecule has 0 amide bonds. The van der Waals surface area contributed by atoms with Crippen LogP contribution in [-0.2, 0) is 14.6 Å². The minimum atomic E-state index is -3.88. The molecule has 0 bridgehead atoms. The highest BCUT2D eigenvalue weighted by Crippen LogP contribution is 2.03. The summed E-state index contributed by atoms with van der Waals surface area (Å²) in [6, 6.07) is 7.88. The van der Waals surface area contributed by atoms with Gasteiger partial charge in [-0.1, -0.05) is 30.3 Å². The van der Waals surface area contributed by atoms with Crippen LogP contribution < -0.4 is 0 Å². The molecule has 1 aromatic carbocycles. The van der Waals surface area contributed by atoms with Gasteiger partial charge in [0.15, 0.2) is 15.6 Å². The third-order valence-corrected chi connectivity index (χ3v) is 3.18. The summed E-state index contributed by atoms with van der Waals surface area (Å²) in [7, 11) is -3.88. The number of benzene rings is 1. The van der Waals surface area contributed by atoms with Gasteiger partial charge in [-0.3, -0.25) is 9.59 Å². The maximum absolute atomic E-state index is 11.5. The molecular formula is C10H10O5S. The van der Waals surface area contributed by atoms with Crippen LogP contribution in [-0.4, -0.2) is 36.8 Å². The van der Waals surface area contributed by atoms with Crippen LogP contribution in [0.15, 0.2) is 30.3 Å². The first kappa shape index (κ1) is 12.4. The molecule has 1 aromatic rings. The van der Waals surface area contributed by atoms with Crippen molar-refractivity contribution in [1.29, 1.82) is 0 Å². The minimum absolute atomic E-state index is 0.261. The Morgan fingerprint density at radius 2 is 1.62 bits per heavy atom. The van der Waals surface area contributed by atoms with Crippen molar-refractivity contribution in [2.45, 2.75) is 0 Å². The van der Waals surface area contributed by atoms with E-state index in [2.05, 4.69) is 0 Å². The van der Waals surface area contributed by atoms with Gasteiger partial charge in [0, 0.05) is 5.56 Å². The molecule has 0 heterocycles. The number of carbonyl (C=O) groups excluding carboxylic acids is 1. The lowest BCUT2D eigenvalue weighted by molar-refractivity contribution is -0.134. The van der Waals surface area contributed by atoms with E-state index < -0.39 is 33.1 Å². The highest BCUT2D eigenvalue weighted by atomic mass is 32.2. The van der Waals surface area contributed by atoms with Crippen LogP contribution in [0.1, 0.15) is 10.4 Å². The largest absolute Gasteiger partial charge is 0.480 e. The summed E-state index contributed by atoms with van der Waals surface area (Å²) >= 11 is 0. The number of carboxylic acids is 1. The summed E-state index contributed by atoms with van der Waals surface area (Å²) < 4.78 is 22.4. The standard InChI is InChI=1S/C10H10O5S/c11-9(8-4-2-1-3-5-8)6-16(14,15)7-10(12)13/h1-5H,6-7H2,(H,12,13). The van der Waals surface area contributed by atoms with E-state index in [0.29, 0.717) is 0 Å². The van der Waals surface area contributed by atoms with Crippen molar-refractivity contribution in [2.24, 2.45) is 0 Å². The summed E-state index contributed by atoms with van der Waals surface area (Å²) in [5.74, 6) is -3.85. The molecule has 6 heteroatoms. The molecule has 1 N–H and O–H groups in total. The first-order valence-electron chi connectivity index (χ1n) is 4.41. The van der Waals surface area contributed by atoms with Crippen LogP contribution in [0, 0.1) is 0 Å². The predicted octanol–water partition coefficient (Wildman–Crippen LogP) is 0.369. The van der Waals surface area contributed by atoms with Gasteiger partial charge in [0.25, 0.3) is 0 Å². The molecule has 0 atom stereocenters. The zero-order chi connectivity index (χ0) is 12.2. The van der Waals surface area contributed by atoms with E-state index in [9.17, 15) is 18.0 Å². The van der Waals surface area contributed by atoms with Crippen molar-refractivity contribution in [2.75, 3.05) is 11.5 Å². The summed E-state index contributed by atoms with van der Waals surface area (Å²) in [5, 5.41) is 8.34. The molecule has 0 spiro atoms. The lowest BCUT2D eigenvalue weighted by Gasteiger charge is -2.00. The topological polar surface area (TPSA) is 88.5 Å². The average Bonchev–Trinajstić information content (AvgIpc) is 2.16. The Morgan fingerprint density at radius 1 is 1.06 bits per heavy atom. The molecule has 5 nitrogen and oxygen atoms in total. The fourth-order valence-corrected chi connectivity index (χ4v) is 2.19. The third kappa shape index (κ3) is 3.82. The predicted molar refractivity (Wildman–Crippen MR) is 57.1 cm³/mol. The number of carbonyl (C=O) groups is 2. The number of aliphatic carboxylic acids is 1. The first-order valence-corrected chi connectivity index (χ1v) is 6.23. The molecule has 0 fully saturated rings. The van der Waals surface area contributed by atoms with Crippen molar-refractivity contribution < 1.29 is 23.1 Å². The fourth-order valence-electron chi connectivity index (χ4n) is 1.15. The number of hydrogen-bond donors (Lipinski definition) is 1. The Hall–Kier alpha value is -1.69. The van der Waals surface area contributed by atoms with Gasteiger partial charge in [-0.05, 0) is 0 Å². The van der Waals surface area contributed by atoms with Gasteiger partial charge in [0.05, 0.1) is 0 Å². The fraction of sp³-hybridized carbons (Fsp3) is 0.200. The Kier molecular flexibility index (Phi) is 3.78. The van der Waals surface area contributed by atoms with E-state index in [0.717, 1.165) is 0 Å². The van der Waals surface area contributed by atoms with Gasteiger partial charge in [-0.15, -0.1) is 0 Å². The lowest BCUT2D eigenvalue weighted by Crippen LogP contribution is -2.23. The first-order chi connectivity index (χ1) is 7.41. The number of carboxylic acid groups (broad SMARTS) is 1. The average molecular weight is 242 g/mol. The maximum Gasteiger partial charge on any atom is 0.318 e. The second kappa shape index (κ2) is 4.89. The monoisotopic (exact) mass is 242 g/mol. The van der Waals surface area contributed by atoms with E-state index in [1.54, 1.807) is 18.2 Å². The maximum atomic E-state index is 11.5.